The molecule has 0 saturated carbocycles. The number of hydrogen-bond donors (Lipinski definition) is 1. The lowest BCUT2D eigenvalue weighted by atomic mass is 10.1. The van der Waals surface area contributed by atoms with Crippen molar-refractivity contribution in [2.75, 3.05) is 0 Å². The molecule has 9 heteroatoms. The van der Waals surface area contributed by atoms with E-state index in [2.05, 4.69) is 5.10 Å². The zero-order valence-electron chi connectivity index (χ0n) is 20.6. The molecule has 186 valence electrons. The minimum Gasteiger partial charge on any atom is -0.478 e. The molecule has 0 bridgehead atoms. The molecule has 0 saturated heterocycles. The molecule has 2 aromatic carbocycles. The van der Waals surface area contributed by atoms with Crippen LogP contribution < -0.4 is 10.4 Å². The molecular formula is C26H31N3O6. The van der Waals surface area contributed by atoms with E-state index < -0.39 is 23.6 Å². The summed E-state index contributed by atoms with van der Waals surface area (Å²) < 4.78 is 14.0. The normalized spacial score (nSPS) is 12.3. The highest BCUT2D eigenvalue weighted by atomic mass is 16.5. The van der Waals surface area contributed by atoms with Crippen molar-refractivity contribution in [1.82, 2.24) is 14.3 Å². The van der Waals surface area contributed by atoms with Gasteiger partial charge >= 0.3 is 17.6 Å². The monoisotopic (exact) mass is 481 g/mol. The van der Waals surface area contributed by atoms with Crippen molar-refractivity contribution in [1.29, 1.82) is 0 Å². The van der Waals surface area contributed by atoms with E-state index in [0.717, 1.165) is 17.5 Å². The first-order valence-electron chi connectivity index (χ1n) is 11.5. The fraction of sp³-hybridized carbons (Fsp3) is 0.385. The molecule has 1 atom stereocenters. The number of rotatable bonds is 10. The SMILES string of the molecule is CCCn1c([C@@H](C)OC(=O)c2ccc(OC(C)(C)C(=O)O)cc2)nn(Cc2ccc(C)cc2)c1=O. The lowest BCUT2D eigenvalue weighted by Crippen LogP contribution is -2.37. The van der Waals surface area contributed by atoms with E-state index in [0.29, 0.717) is 24.7 Å². The number of aromatic nitrogens is 3. The second-order valence-corrected chi connectivity index (χ2v) is 8.93. The van der Waals surface area contributed by atoms with Gasteiger partial charge in [-0.15, -0.1) is 0 Å². The highest BCUT2D eigenvalue weighted by molar-refractivity contribution is 5.89. The van der Waals surface area contributed by atoms with Crippen LogP contribution >= 0.6 is 0 Å². The minimum atomic E-state index is -1.41. The third-order valence-electron chi connectivity index (χ3n) is 5.48. The van der Waals surface area contributed by atoms with Crippen LogP contribution in [0, 0.1) is 6.92 Å². The summed E-state index contributed by atoms with van der Waals surface area (Å²) in [6.07, 6.45) is -0.0410. The third-order valence-corrected chi connectivity index (χ3v) is 5.48. The average molecular weight is 482 g/mol. The molecule has 0 aliphatic carbocycles. The molecule has 3 aromatic rings. The molecule has 0 aliphatic rings. The van der Waals surface area contributed by atoms with Gasteiger partial charge < -0.3 is 14.6 Å². The van der Waals surface area contributed by atoms with E-state index in [9.17, 15) is 19.5 Å². The number of esters is 1. The zero-order chi connectivity index (χ0) is 25.8. The van der Waals surface area contributed by atoms with Gasteiger partial charge in [0.15, 0.2) is 17.5 Å². The summed E-state index contributed by atoms with van der Waals surface area (Å²) in [5.74, 6) is -1.01. The summed E-state index contributed by atoms with van der Waals surface area (Å²) in [5.41, 5.74) is 0.679. The van der Waals surface area contributed by atoms with Crippen LogP contribution in [0.5, 0.6) is 5.75 Å². The lowest BCUT2D eigenvalue weighted by molar-refractivity contribution is -0.152. The first-order chi connectivity index (χ1) is 16.5. The third kappa shape index (κ3) is 6.17. The number of ether oxygens (including phenoxy) is 2. The van der Waals surface area contributed by atoms with Crippen molar-refractivity contribution in [3.05, 3.63) is 81.5 Å². The fourth-order valence-electron chi connectivity index (χ4n) is 3.44. The quantitative estimate of drug-likeness (QED) is 0.436. The summed E-state index contributed by atoms with van der Waals surface area (Å²) in [4.78, 5) is 37.0. The van der Waals surface area contributed by atoms with Crippen molar-refractivity contribution in [2.24, 2.45) is 0 Å². The molecule has 0 radical (unpaired) electrons. The smallest absolute Gasteiger partial charge is 0.347 e. The maximum atomic E-state index is 13.0. The predicted molar refractivity (Wildman–Crippen MR) is 130 cm³/mol. The Morgan fingerprint density at radius 2 is 1.71 bits per heavy atom. The van der Waals surface area contributed by atoms with Crippen LogP contribution in [0.25, 0.3) is 0 Å². The van der Waals surface area contributed by atoms with Crippen molar-refractivity contribution in [3.8, 4) is 5.75 Å². The number of aryl methyl sites for hydroxylation is 1. The van der Waals surface area contributed by atoms with Crippen molar-refractivity contribution in [3.63, 3.8) is 0 Å². The van der Waals surface area contributed by atoms with Gasteiger partial charge in [0.2, 0.25) is 0 Å². The molecule has 0 amide bonds. The van der Waals surface area contributed by atoms with Crippen LogP contribution in [0.1, 0.15) is 67.5 Å². The van der Waals surface area contributed by atoms with Gasteiger partial charge in [0.25, 0.3) is 0 Å². The van der Waals surface area contributed by atoms with Crippen LogP contribution in [0.4, 0.5) is 0 Å². The number of carboxylic acids is 1. The molecule has 9 nitrogen and oxygen atoms in total. The van der Waals surface area contributed by atoms with E-state index in [1.54, 1.807) is 6.92 Å². The molecular weight excluding hydrogens is 450 g/mol. The number of nitrogens with zero attached hydrogens (tertiary/aromatic N) is 3. The molecule has 3 rings (SSSR count). The number of benzene rings is 2. The van der Waals surface area contributed by atoms with Crippen LogP contribution in [-0.4, -0.2) is 37.0 Å². The predicted octanol–water partition coefficient (Wildman–Crippen LogP) is 3.97. The molecule has 0 aliphatic heterocycles. The van der Waals surface area contributed by atoms with Gasteiger partial charge in [-0.05, 0) is 63.9 Å². The number of carbonyl (C=O) groups excluding carboxylic acids is 1. The van der Waals surface area contributed by atoms with Gasteiger partial charge in [0.1, 0.15) is 5.75 Å². The Labute approximate surface area is 203 Å². The van der Waals surface area contributed by atoms with Crippen molar-refractivity contribution in [2.45, 2.75) is 65.8 Å². The lowest BCUT2D eigenvalue weighted by Gasteiger charge is -2.21. The van der Waals surface area contributed by atoms with E-state index in [1.165, 1.54) is 47.4 Å². The number of aliphatic carboxylic acids is 1. The largest absolute Gasteiger partial charge is 0.478 e. The average Bonchev–Trinajstić information content (AvgIpc) is 3.11. The summed E-state index contributed by atoms with van der Waals surface area (Å²) in [5, 5.41) is 13.7. The van der Waals surface area contributed by atoms with Crippen molar-refractivity contribution < 1.29 is 24.2 Å². The molecule has 0 unspecified atom stereocenters. The molecule has 1 N–H and O–H groups in total. The van der Waals surface area contributed by atoms with E-state index >= 15 is 0 Å². The summed E-state index contributed by atoms with van der Waals surface area (Å²) in [6, 6.07) is 13.9. The minimum absolute atomic E-state index is 0.257. The zero-order valence-corrected chi connectivity index (χ0v) is 20.6. The Hall–Kier alpha value is -3.88. The molecule has 1 heterocycles. The van der Waals surface area contributed by atoms with Crippen LogP contribution in [-0.2, 0) is 22.6 Å². The van der Waals surface area contributed by atoms with Crippen LogP contribution in [0.2, 0.25) is 0 Å². The Morgan fingerprint density at radius 3 is 2.29 bits per heavy atom. The summed E-state index contributed by atoms with van der Waals surface area (Å²) in [7, 11) is 0. The van der Waals surface area contributed by atoms with Crippen molar-refractivity contribution >= 4 is 11.9 Å². The topological polar surface area (TPSA) is 113 Å². The van der Waals surface area contributed by atoms with Gasteiger partial charge in [-0.3, -0.25) is 4.57 Å². The molecule has 1 aromatic heterocycles. The van der Waals surface area contributed by atoms with E-state index in [-0.39, 0.29) is 11.3 Å². The molecule has 0 spiro atoms. The first-order valence-corrected chi connectivity index (χ1v) is 11.5. The van der Waals surface area contributed by atoms with Gasteiger partial charge in [-0.25, -0.2) is 19.1 Å². The first kappa shape index (κ1) is 25.7. The van der Waals surface area contributed by atoms with Gasteiger partial charge in [0.05, 0.1) is 12.1 Å². The standard InChI is InChI=1S/C26H31N3O6/c1-6-15-28-22(27-29(25(28)33)16-19-9-7-17(2)8-10-19)18(3)34-23(30)20-11-13-21(14-12-20)35-26(4,5)24(31)32/h7-14,18H,6,15-16H2,1-5H3,(H,31,32)/t18-/m1/s1. The van der Waals surface area contributed by atoms with Crippen LogP contribution in [0.15, 0.2) is 53.3 Å². The van der Waals surface area contributed by atoms with Crippen LogP contribution in [0.3, 0.4) is 0 Å². The number of hydrogen-bond acceptors (Lipinski definition) is 6. The number of carbonyl (C=O) groups is 2. The molecule has 0 fully saturated rings. The maximum Gasteiger partial charge on any atom is 0.347 e. The van der Waals surface area contributed by atoms with Gasteiger partial charge in [-0.1, -0.05) is 36.8 Å². The van der Waals surface area contributed by atoms with E-state index in [4.69, 9.17) is 9.47 Å². The Balaban J connectivity index is 1.76. The fourth-order valence-corrected chi connectivity index (χ4v) is 3.44. The highest BCUT2D eigenvalue weighted by Crippen LogP contribution is 2.21. The highest BCUT2D eigenvalue weighted by Gasteiger charge is 2.29. The van der Waals surface area contributed by atoms with E-state index in [1.807, 2.05) is 38.1 Å². The Bertz CT molecular complexity index is 1240. The number of carboxylic acid groups (broad SMARTS) is 1. The van der Waals surface area contributed by atoms with Gasteiger partial charge in [0, 0.05) is 6.54 Å². The Morgan fingerprint density at radius 1 is 1.09 bits per heavy atom. The second kappa shape index (κ2) is 10.6. The summed E-state index contributed by atoms with van der Waals surface area (Å²) in [6.45, 7) is 9.28. The molecule has 35 heavy (non-hydrogen) atoms. The van der Waals surface area contributed by atoms with Gasteiger partial charge in [-0.2, -0.15) is 5.10 Å². The summed E-state index contributed by atoms with van der Waals surface area (Å²) >= 11 is 0. The maximum absolute atomic E-state index is 13.0. The second-order valence-electron chi connectivity index (χ2n) is 8.93. The Kier molecular flexibility index (Phi) is 7.78.